The number of anilines is 1. The lowest BCUT2D eigenvalue weighted by Gasteiger charge is -2.19. The van der Waals surface area contributed by atoms with Gasteiger partial charge in [0.2, 0.25) is 0 Å². The smallest absolute Gasteiger partial charge is 0.335 e. The molecule has 0 radical (unpaired) electrons. The van der Waals surface area contributed by atoms with Crippen LogP contribution in [0.25, 0.3) is 0 Å². The first-order chi connectivity index (χ1) is 10.0. The summed E-state index contributed by atoms with van der Waals surface area (Å²) in [7, 11) is 0. The Kier molecular flexibility index (Phi) is 3.57. The fourth-order valence-electron chi connectivity index (χ4n) is 3.53. The Balaban J connectivity index is 1.66. The zero-order valence-corrected chi connectivity index (χ0v) is 12.1. The van der Waals surface area contributed by atoms with E-state index in [2.05, 4.69) is 5.32 Å². The molecule has 1 aromatic carbocycles. The minimum Gasteiger partial charge on any atom is -0.478 e. The molecule has 112 valence electrons. The van der Waals surface area contributed by atoms with E-state index in [0.29, 0.717) is 17.5 Å². The lowest BCUT2D eigenvalue weighted by atomic mass is 10.0. The highest BCUT2D eigenvalue weighted by Crippen LogP contribution is 2.37. The second-order valence-electron chi connectivity index (χ2n) is 6.12. The summed E-state index contributed by atoms with van der Waals surface area (Å²) in [5.74, 6) is 0.390. The molecule has 1 aliphatic heterocycles. The number of hydrogen-bond donors (Lipinski definition) is 2. The Morgan fingerprint density at radius 1 is 1.24 bits per heavy atom. The summed E-state index contributed by atoms with van der Waals surface area (Å²) in [5.41, 5.74) is 1.69. The zero-order valence-electron chi connectivity index (χ0n) is 12.1. The van der Waals surface area contributed by atoms with Crippen LogP contribution in [0.5, 0.6) is 0 Å². The molecule has 1 saturated heterocycles. The zero-order chi connectivity index (χ0) is 15.0. The number of benzene rings is 1. The lowest BCUT2D eigenvalue weighted by Crippen LogP contribution is -2.33. The van der Waals surface area contributed by atoms with Gasteiger partial charge in [0, 0.05) is 18.8 Å². The average molecular weight is 288 g/mol. The number of carboxylic acids is 1. The van der Waals surface area contributed by atoms with Gasteiger partial charge in [-0.2, -0.15) is 0 Å². The Morgan fingerprint density at radius 2 is 1.90 bits per heavy atom. The number of nitrogens with zero attached hydrogens (tertiary/aromatic N) is 1. The van der Waals surface area contributed by atoms with Crippen LogP contribution in [0.3, 0.4) is 0 Å². The molecule has 21 heavy (non-hydrogen) atoms. The van der Waals surface area contributed by atoms with Gasteiger partial charge in [0.25, 0.3) is 0 Å². The number of carbonyl (C=O) groups is 2. The Bertz CT molecular complexity index is 573. The third kappa shape index (κ3) is 2.73. The van der Waals surface area contributed by atoms with Crippen molar-refractivity contribution in [2.24, 2.45) is 11.8 Å². The van der Waals surface area contributed by atoms with Crippen LogP contribution in [0.1, 0.15) is 35.2 Å². The van der Waals surface area contributed by atoms with Crippen LogP contribution >= 0.6 is 0 Å². The maximum atomic E-state index is 12.3. The quantitative estimate of drug-likeness (QED) is 0.879. The molecule has 0 aromatic heterocycles. The number of nitrogens with one attached hydrogen (secondary N) is 1. The van der Waals surface area contributed by atoms with E-state index in [0.717, 1.165) is 18.7 Å². The molecule has 2 N–H and O–H groups in total. The van der Waals surface area contributed by atoms with Gasteiger partial charge in [-0.3, -0.25) is 0 Å². The van der Waals surface area contributed by atoms with Crippen LogP contribution in [-0.4, -0.2) is 35.1 Å². The molecule has 0 bridgehead atoms. The number of urea groups is 1. The number of rotatable bonds is 2. The third-order valence-corrected chi connectivity index (χ3v) is 4.73. The summed E-state index contributed by atoms with van der Waals surface area (Å²) in [5, 5.41) is 11.9. The van der Waals surface area contributed by atoms with Gasteiger partial charge < -0.3 is 15.3 Å². The highest BCUT2D eigenvalue weighted by atomic mass is 16.4. The second kappa shape index (κ2) is 5.39. The van der Waals surface area contributed by atoms with Crippen molar-refractivity contribution in [3.8, 4) is 0 Å². The largest absolute Gasteiger partial charge is 0.478 e. The van der Waals surface area contributed by atoms with Crippen molar-refractivity contribution in [1.82, 2.24) is 4.90 Å². The molecule has 2 atom stereocenters. The Labute approximate surface area is 123 Å². The Morgan fingerprint density at radius 3 is 2.48 bits per heavy atom. The molecule has 1 heterocycles. The van der Waals surface area contributed by atoms with E-state index in [1.54, 1.807) is 19.1 Å². The van der Waals surface area contributed by atoms with Crippen LogP contribution in [-0.2, 0) is 0 Å². The van der Waals surface area contributed by atoms with Crippen LogP contribution in [0.2, 0.25) is 0 Å². The van der Waals surface area contributed by atoms with E-state index in [1.165, 1.54) is 25.3 Å². The van der Waals surface area contributed by atoms with Gasteiger partial charge >= 0.3 is 12.0 Å². The molecular formula is C16H20N2O3. The normalized spacial score (nSPS) is 24.0. The first kappa shape index (κ1) is 13.9. The van der Waals surface area contributed by atoms with Crippen molar-refractivity contribution in [3.63, 3.8) is 0 Å². The molecule has 5 heteroatoms. The summed E-state index contributed by atoms with van der Waals surface area (Å²) in [6, 6.07) is 4.68. The third-order valence-electron chi connectivity index (χ3n) is 4.73. The van der Waals surface area contributed by atoms with E-state index in [9.17, 15) is 9.59 Å². The number of fused-ring (bicyclic) bond motifs is 1. The molecule has 3 rings (SSSR count). The number of carbonyl (C=O) groups excluding carboxylic acids is 1. The molecule has 1 aliphatic carbocycles. The Hall–Kier alpha value is -2.04. The fourth-order valence-corrected chi connectivity index (χ4v) is 3.53. The SMILES string of the molecule is Cc1cc(C(=O)O)ccc1NC(=O)N1CC2CCCC2C1. The van der Waals surface area contributed by atoms with Crippen molar-refractivity contribution < 1.29 is 14.7 Å². The maximum absolute atomic E-state index is 12.3. The van der Waals surface area contributed by atoms with Gasteiger partial charge in [0.05, 0.1) is 5.56 Å². The monoisotopic (exact) mass is 288 g/mol. The predicted molar refractivity (Wildman–Crippen MR) is 79.6 cm³/mol. The van der Waals surface area contributed by atoms with Gasteiger partial charge in [-0.25, -0.2) is 9.59 Å². The average Bonchev–Trinajstić information content (AvgIpc) is 3.01. The number of hydrogen-bond acceptors (Lipinski definition) is 2. The highest BCUT2D eigenvalue weighted by molar-refractivity contribution is 5.92. The number of likely N-dealkylation sites (tertiary alicyclic amines) is 1. The first-order valence-corrected chi connectivity index (χ1v) is 7.44. The summed E-state index contributed by atoms with van der Waals surface area (Å²) in [4.78, 5) is 25.1. The van der Waals surface area contributed by atoms with Gasteiger partial charge in [-0.15, -0.1) is 0 Å². The van der Waals surface area contributed by atoms with Crippen molar-refractivity contribution in [3.05, 3.63) is 29.3 Å². The lowest BCUT2D eigenvalue weighted by molar-refractivity contribution is 0.0697. The van der Waals surface area contributed by atoms with Gasteiger partial charge in [0.1, 0.15) is 0 Å². The number of aromatic carboxylic acids is 1. The summed E-state index contributed by atoms with van der Waals surface area (Å²) in [6.07, 6.45) is 3.77. The van der Waals surface area contributed by atoms with Crippen molar-refractivity contribution in [1.29, 1.82) is 0 Å². The van der Waals surface area contributed by atoms with E-state index in [1.807, 2.05) is 4.90 Å². The van der Waals surface area contributed by atoms with Crippen LogP contribution in [0, 0.1) is 18.8 Å². The molecule has 1 aromatic rings. The number of carboxylic acid groups (broad SMARTS) is 1. The summed E-state index contributed by atoms with van der Waals surface area (Å²) >= 11 is 0. The van der Waals surface area contributed by atoms with Crippen LogP contribution in [0.15, 0.2) is 18.2 Å². The fraction of sp³-hybridized carbons (Fsp3) is 0.500. The van der Waals surface area contributed by atoms with E-state index in [-0.39, 0.29) is 11.6 Å². The summed E-state index contributed by atoms with van der Waals surface area (Å²) < 4.78 is 0. The van der Waals surface area contributed by atoms with Gasteiger partial charge in [-0.05, 0) is 55.4 Å². The number of aryl methyl sites for hydroxylation is 1. The van der Waals surface area contributed by atoms with E-state index >= 15 is 0 Å². The van der Waals surface area contributed by atoms with Gasteiger partial charge in [-0.1, -0.05) is 6.42 Å². The minimum atomic E-state index is -0.955. The van der Waals surface area contributed by atoms with Crippen molar-refractivity contribution in [2.45, 2.75) is 26.2 Å². The van der Waals surface area contributed by atoms with Crippen molar-refractivity contribution >= 4 is 17.7 Å². The molecule has 2 amide bonds. The predicted octanol–water partition coefficient (Wildman–Crippen LogP) is 2.96. The van der Waals surface area contributed by atoms with Crippen molar-refractivity contribution in [2.75, 3.05) is 18.4 Å². The van der Waals surface area contributed by atoms with Gasteiger partial charge in [0.15, 0.2) is 0 Å². The molecule has 1 saturated carbocycles. The first-order valence-electron chi connectivity index (χ1n) is 7.44. The molecular weight excluding hydrogens is 268 g/mol. The van der Waals surface area contributed by atoms with E-state index < -0.39 is 5.97 Å². The minimum absolute atomic E-state index is 0.0735. The standard InChI is InChI=1S/C16H20N2O3/c1-10-7-11(15(19)20)5-6-14(10)17-16(21)18-8-12-3-2-4-13(12)9-18/h5-7,12-13H,2-4,8-9H2,1H3,(H,17,21)(H,19,20). The highest BCUT2D eigenvalue weighted by Gasteiger charge is 2.38. The molecule has 0 spiro atoms. The van der Waals surface area contributed by atoms with Crippen LogP contribution in [0.4, 0.5) is 10.5 Å². The van der Waals surface area contributed by atoms with Crippen LogP contribution < -0.4 is 5.32 Å². The molecule has 2 aliphatic rings. The van der Waals surface area contributed by atoms with E-state index in [4.69, 9.17) is 5.11 Å². The maximum Gasteiger partial charge on any atom is 0.335 e. The number of amides is 2. The molecule has 2 fully saturated rings. The molecule has 2 unspecified atom stereocenters. The molecule has 5 nitrogen and oxygen atoms in total. The second-order valence-corrected chi connectivity index (χ2v) is 6.12. The topological polar surface area (TPSA) is 69.6 Å². The summed E-state index contributed by atoms with van der Waals surface area (Å²) in [6.45, 7) is 3.51.